The fourth-order valence-corrected chi connectivity index (χ4v) is 4.57. The van der Waals surface area contributed by atoms with Gasteiger partial charge in [-0.25, -0.2) is 14.6 Å². The molecule has 0 amide bonds. The van der Waals surface area contributed by atoms with Crippen LogP contribution in [0.3, 0.4) is 0 Å². The number of hydrogen-bond donors (Lipinski definition) is 0. The molecule has 0 spiro atoms. The van der Waals surface area contributed by atoms with E-state index >= 15 is 0 Å². The van der Waals surface area contributed by atoms with E-state index in [0.717, 1.165) is 42.2 Å². The molecule has 2 aromatic heterocycles. The van der Waals surface area contributed by atoms with E-state index in [-0.39, 0.29) is 0 Å². The van der Waals surface area contributed by atoms with Gasteiger partial charge < -0.3 is 9.80 Å². The number of aromatic nitrogens is 4. The Morgan fingerprint density at radius 3 is 2.42 bits per heavy atom. The van der Waals surface area contributed by atoms with Crippen LogP contribution in [-0.4, -0.2) is 45.4 Å². The highest BCUT2D eigenvalue weighted by Gasteiger charge is 2.26. The molecule has 1 fully saturated rings. The lowest BCUT2D eigenvalue weighted by atomic mass is 10.1. The van der Waals surface area contributed by atoms with Crippen molar-refractivity contribution < 1.29 is 0 Å². The van der Waals surface area contributed by atoms with Crippen molar-refractivity contribution in [1.82, 2.24) is 19.7 Å². The quantitative estimate of drug-likeness (QED) is 0.497. The zero-order chi connectivity index (χ0) is 21.5. The van der Waals surface area contributed by atoms with E-state index in [2.05, 4.69) is 95.0 Å². The highest BCUT2D eigenvalue weighted by Crippen LogP contribution is 2.29. The van der Waals surface area contributed by atoms with Gasteiger partial charge in [-0.05, 0) is 51.5 Å². The topological polar surface area (TPSA) is 50.1 Å². The maximum atomic E-state index is 4.68. The van der Waals surface area contributed by atoms with Gasteiger partial charge in [-0.2, -0.15) is 5.10 Å². The van der Waals surface area contributed by atoms with Crippen molar-refractivity contribution in [3.05, 3.63) is 71.7 Å². The van der Waals surface area contributed by atoms with Crippen LogP contribution in [0.15, 0.2) is 55.0 Å². The predicted octanol–water partition coefficient (Wildman–Crippen LogP) is 4.46. The molecule has 0 aliphatic carbocycles. The number of fused-ring (bicyclic) bond motifs is 1. The van der Waals surface area contributed by atoms with E-state index in [1.807, 2.05) is 10.9 Å². The van der Waals surface area contributed by atoms with Gasteiger partial charge in [0.15, 0.2) is 5.65 Å². The molecule has 0 bridgehead atoms. The summed E-state index contributed by atoms with van der Waals surface area (Å²) in [5.41, 5.74) is 6.92. The predicted molar refractivity (Wildman–Crippen MR) is 126 cm³/mol. The van der Waals surface area contributed by atoms with Crippen LogP contribution in [0.2, 0.25) is 0 Å². The summed E-state index contributed by atoms with van der Waals surface area (Å²) in [6.45, 7) is 11.4. The van der Waals surface area contributed by atoms with Gasteiger partial charge in [-0.15, -0.1) is 0 Å². The second-order valence-electron chi connectivity index (χ2n) is 8.60. The second kappa shape index (κ2) is 7.69. The third-order valence-electron chi connectivity index (χ3n) is 6.22. The molecule has 0 N–H and O–H groups in total. The smallest absolute Gasteiger partial charge is 0.168 e. The Bertz CT molecular complexity index is 1230. The van der Waals surface area contributed by atoms with Crippen LogP contribution in [-0.2, 0) is 0 Å². The summed E-state index contributed by atoms with van der Waals surface area (Å²) in [5.74, 6) is 0.969. The van der Waals surface area contributed by atoms with Crippen molar-refractivity contribution in [1.29, 1.82) is 0 Å². The van der Waals surface area contributed by atoms with Gasteiger partial charge in [0.1, 0.15) is 12.1 Å². The van der Waals surface area contributed by atoms with Crippen LogP contribution in [0.5, 0.6) is 0 Å². The molecule has 31 heavy (non-hydrogen) atoms. The minimum atomic E-state index is 0.385. The SMILES string of the molecule is Cc1ccc(N2CCN(c3ncnc4c3cnn4-c3ccc(C)cc3C)C[C@H]2C)cc1. The van der Waals surface area contributed by atoms with Crippen molar-refractivity contribution >= 4 is 22.5 Å². The maximum absolute atomic E-state index is 4.68. The Morgan fingerprint density at radius 1 is 0.903 bits per heavy atom. The highest BCUT2D eigenvalue weighted by molar-refractivity contribution is 5.88. The molecule has 0 unspecified atom stereocenters. The van der Waals surface area contributed by atoms with Crippen LogP contribution >= 0.6 is 0 Å². The van der Waals surface area contributed by atoms with Crippen LogP contribution in [0, 0.1) is 20.8 Å². The largest absolute Gasteiger partial charge is 0.365 e. The van der Waals surface area contributed by atoms with Crippen LogP contribution in [0.4, 0.5) is 11.5 Å². The Hall–Kier alpha value is -3.41. The Labute approximate surface area is 183 Å². The van der Waals surface area contributed by atoms with Crippen LogP contribution in [0.1, 0.15) is 23.6 Å². The van der Waals surface area contributed by atoms with Crippen LogP contribution in [0.25, 0.3) is 16.7 Å². The van der Waals surface area contributed by atoms with E-state index in [0.29, 0.717) is 6.04 Å². The minimum Gasteiger partial charge on any atom is -0.365 e. The summed E-state index contributed by atoms with van der Waals surface area (Å²) >= 11 is 0. The highest BCUT2D eigenvalue weighted by atomic mass is 15.3. The first kappa shape index (κ1) is 19.5. The van der Waals surface area contributed by atoms with Gasteiger partial charge in [0, 0.05) is 31.4 Å². The molecule has 0 saturated carbocycles. The van der Waals surface area contributed by atoms with E-state index in [9.17, 15) is 0 Å². The molecular formula is C25H28N6. The van der Waals surface area contributed by atoms with Crippen molar-refractivity contribution in [3.63, 3.8) is 0 Å². The average molecular weight is 413 g/mol. The Morgan fingerprint density at radius 2 is 1.68 bits per heavy atom. The van der Waals surface area contributed by atoms with E-state index in [4.69, 9.17) is 0 Å². The normalized spacial score (nSPS) is 16.8. The molecule has 3 heterocycles. The van der Waals surface area contributed by atoms with Gasteiger partial charge >= 0.3 is 0 Å². The van der Waals surface area contributed by atoms with Gasteiger partial charge in [0.05, 0.1) is 17.3 Å². The number of rotatable bonds is 3. The van der Waals surface area contributed by atoms with E-state index < -0.39 is 0 Å². The van der Waals surface area contributed by atoms with Gasteiger partial charge in [-0.1, -0.05) is 35.4 Å². The molecule has 4 aromatic rings. The summed E-state index contributed by atoms with van der Waals surface area (Å²) in [7, 11) is 0. The molecule has 6 nitrogen and oxygen atoms in total. The maximum Gasteiger partial charge on any atom is 0.168 e. The molecule has 1 atom stereocenters. The van der Waals surface area contributed by atoms with Crippen molar-refractivity contribution in [2.75, 3.05) is 29.4 Å². The first-order valence-corrected chi connectivity index (χ1v) is 10.9. The number of nitrogens with zero attached hydrogens (tertiary/aromatic N) is 6. The average Bonchev–Trinajstić information content (AvgIpc) is 3.18. The third-order valence-corrected chi connectivity index (χ3v) is 6.22. The third kappa shape index (κ3) is 3.52. The van der Waals surface area contributed by atoms with Crippen molar-refractivity contribution in [2.45, 2.75) is 33.7 Å². The Balaban J connectivity index is 1.45. The fourth-order valence-electron chi connectivity index (χ4n) is 4.57. The van der Waals surface area contributed by atoms with Crippen molar-refractivity contribution in [2.24, 2.45) is 0 Å². The lowest BCUT2D eigenvalue weighted by Gasteiger charge is -2.42. The molecule has 158 valence electrons. The minimum absolute atomic E-state index is 0.385. The zero-order valence-corrected chi connectivity index (χ0v) is 18.6. The second-order valence-corrected chi connectivity index (χ2v) is 8.60. The summed E-state index contributed by atoms with van der Waals surface area (Å²) in [6.07, 6.45) is 3.57. The van der Waals surface area contributed by atoms with Gasteiger partial charge in [-0.3, -0.25) is 0 Å². The number of benzene rings is 2. The molecule has 2 aromatic carbocycles. The number of anilines is 2. The molecule has 1 aliphatic rings. The van der Waals surface area contributed by atoms with Crippen molar-refractivity contribution in [3.8, 4) is 5.69 Å². The first-order chi connectivity index (χ1) is 15.0. The zero-order valence-electron chi connectivity index (χ0n) is 18.6. The molecular weight excluding hydrogens is 384 g/mol. The molecule has 1 saturated heterocycles. The lowest BCUT2D eigenvalue weighted by molar-refractivity contribution is 0.548. The summed E-state index contributed by atoms with van der Waals surface area (Å²) in [6, 6.07) is 15.6. The summed E-state index contributed by atoms with van der Waals surface area (Å²) in [5, 5.41) is 5.68. The van der Waals surface area contributed by atoms with Crippen LogP contribution < -0.4 is 9.80 Å². The van der Waals surface area contributed by atoms with Gasteiger partial charge in [0.25, 0.3) is 0 Å². The summed E-state index contributed by atoms with van der Waals surface area (Å²) in [4.78, 5) is 14.1. The monoisotopic (exact) mass is 412 g/mol. The number of piperazine rings is 1. The lowest BCUT2D eigenvalue weighted by Crippen LogP contribution is -2.52. The molecule has 5 rings (SSSR count). The molecule has 1 aliphatic heterocycles. The fraction of sp³-hybridized carbons (Fsp3) is 0.320. The molecule has 0 radical (unpaired) electrons. The molecule has 6 heteroatoms. The summed E-state index contributed by atoms with van der Waals surface area (Å²) < 4.78 is 1.93. The standard InChI is InChI=1S/C25H28N6/c1-17-5-8-21(9-6-17)30-12-11-29(15-20(30)4)24-22-14-28-31(25(22)27-16-26-24)23-10-7-18(2)13-19(23)3/h5-10,13-14,16,20H,11-12,15H2,1-4H3/t20-/m1/s1. The number of hydrogen-bond acceptors (Lipinski definition) is 5. The first-order valence-electron chi connectivity index (χ1n) is 10.9. The van der Waals surface area contributed by atoms with Gasteiger partial charge in [0.2, 0.25) is 0 Å². The van der Waals surface area contributed by atoms with E-state index in [1.54, 1.807) is 6.33 Å². The van der Waals surface area contributed by atoms with E-state index in [1.165, 1.54) is 22.4 Å². The number of aryl methyl sites for hydroxylation is 3. The Kier molecular flexibility index (Phi) is 4.85.